The Morgan fingerprint density at radius 3 is 2.71 bits per heavy atom. The molecule has 1 atom stereocenters. The van der Waals surface area contributed by atoms with Gasteiger partial charge in [-0.05, 0) is 24.0 Å². The highest BCUT2D eigenvalue weighted by Crippen LogP contribution is 2.16. The molecular weight excluding hydrogens is 238 g/mol. The van der Waals surface area contributed by atoms with Crippen LogP contribution in [0.2, 0.25) is 0 Å². The molecule has 1 aromatic carbocycles. The molecule has 1 rings (SSSR count). The normalized spacial score (nSPS) is 11.9. The summed E-state index contributed by atoms with van der Waals surface area (Å²) in [6, 6.07) is 6.76. The number of benzene rings is 1. The number of carbonyl (C=O) groups excluding carboxylic acids is 1. The number of carboxylic acid groups (broad SMARTS) is 1. The maximum atomic E-state index is 11.0. The molecule has 4 nitrogen and oxygen atoms in total. The smallest absolute Gasteiger partial charge is 0.326 e. The van der Waals surface area contributed by atoms with Crippen molar-refractivity contribution in [3.8, 4) is 0 Å². The maximum Gasteiger partial charge on any atom is 0.326 e. The van der Waals surface area contributed by atoms with Gasteiger partial charge in [0.05, 0.1) is 0 Å². The summed E-state index contributed by atoms with van der Waals surface area (Å²) in [4.78, 5) is 22.9. The van der Waals surface area contributed by atoms with Crippen LogP contribution in [-0.4, -0.2) is 29.3 Å². The first-order chi connectivity index (χ1) is 8.02. The summed E-state index contributed by atoms with van der Waals surface area (Å²) >= 11 is 1.60. The first-order valence-electron chi connectivity index (χ1n) is 5.15. The minimum Gasteiger partial charge on any atom is -0.480 e. The predicted molar refractivity (Wildman–Crippen MR) is 67.2 cm³/mol. The van der Waals surface area contributed by atoms with Gasteiger partial charge in [-0.3, -0.25) is 4.79 Å². The Kier molecular flexibility index (Phi) is 5.03. The number of thioether (sulfide) groups is 1. The molecule has 0 aromatic heterocycles. The SMILES string of the molecule is CSc1cccc(CC(NC(C)=O)C(=O)O)c1. The fraction of sp³-hybridized carbons (Fsp3) is 0.333. The molecule has 0 aliphatic heterocycles. The Labute approximate surface area is 104 Å². The van der Waals surface area contributed by atoms with Crippen LogP contribution in [0.15, 0.2) is 29.2 Å². The Morgan fingerprint density at radius 2 is 2.18 bits per heavy atom. The molecule has 2 N–H and O–H groups in total. The third kappa shape index (κ3) is 4.48. The van der Waals surface area contributed by atoms with Gasteiger partial charge in [0.2, 0.25) is 5.91 Å². The molecule has 17 heavy (non-hydrogen) atoms. The van der Waals surface area contributed by atoms with E-state index < -0.39 is 12.0 Å². The molecule has 0 saturated carbocycles. The van der Waals surface area contributed by atoms with Gasteiger partial charge >= 0.3 is 5.97 Å². The van der Waals surface area contributed by atoms with Gasteiger partial charge in [-0.15, -0.1) is 11.8 Å². The largest absolute Gasteiger partial charge is 0.480 e. The highest BCUT2D eigenvalue weighted by atomic mass is 32.2. The summed E-state index contributed by atoms with van der Waals surface area (Å²) in [7, 11) is 0. The van der Waals surface area contributed by atoms with Crippen molar-refractivity contribution < 1.29 is 14.7 Å². The van der Waals surface area contributed by atoms with Gasteiger partial charge in [0.25, 0.3) is 0 Å². The van der Waals surface area contributed by atoms with Crippen molar-refractivity contribution >= 4 is 23.6 Å². The van der Waals surface area contributed by atoms with E-state index in [4.69, 9.17) is 5.11 Å². The number of rotatable bonds is 5. The van der Waals surface area contributed by atoms with Gasteiger partial charge in [0.15, 0.2) is 0 Å². The molecule has 0 saturated heterocycles. The van der Waals surface area contributed by atoms with Crippen molar-refractivity contribution in [1.82, 2.24) is 5.32 Å². The molecule has 5 heteroatoms. The number of hydrogen-bond acceptors (Lipinski definition) is 3. The van der Waals surface area contributed by atoms with Crippen LogP contribution < -0.4 is 5.32 Å². The third-order valence-electron chi connectivity index (χ3n) is 2.25. The highest BCUT2D eigenvalue weighted by Gasteiger charge is 2.18. The summed E-state index contributed by atoms with van der Waals surface area (Å²) in [6.07, 6.45) is 2.25. The van der Waals surface area contributed by atoms with E-state index in [2.05, 4.69) is 5.32 Å². The number of aliphatic carboxylic acids is 1. The summed E-state index contributed by atoms with van der Waals surface area (Å²) in [5, 5.41) is 11.4. The number of nitrogens with one attached hydrogen (secondary N) is 1. The van der Waals surface area contributed by atoms with E-state index in [1.54, 1.807) is 11.8 Å². The van der Waals surface area contributed by atoms with E-state index in [1.807, 2.05) is 30.5 Å². The topological polar surface area (TPSA) is 66.4 Å². The van der Waals surface area contributed by atoms with Crippen LogP contribution >= 0.6 is 11.8 Å². The van der Waals surface area contributed by atoms with Crippen LogP contribution in [0.3, 0.4) is 0 Å². The standard InChI is InChI=1S/C12H15NO3S/c1-8(14)13-11(12(15)16)7-9-4-3-5-10(6-9)17-2/h3-6,11H,7H2,1-2H3,(H,13,14)(H,15,16). The molecule has 0 fully saturated rings. The van der Waals surface area contributed by atoms with E-state index in [-0.39, 0.29) is 5.91 Å². The average Bonchev–Trinajstić information content (AvgIpc) is 2.27. The van der Waals surface area contributed by atoms with E-state index >= 15 is 0 Å². The Hall–Kier alpha value is -1.49. The highest BCUT2D eigenvalue weighted by molar-refractivity contribution is 7.98. The van der Waals surface area contributed by atoms with Gasteiger partial charge in [-0.25, -0.2) is 4.79 Å². The molecule has 0 heterocycles. The van der Waals surface area contributed by atoms with Gasteiger partial charge in [-0.1, -0.05) is 12.1 Å². The van der Waals surface area contributed by atoms with E-state index in [1.165, 1.54) is 6.92 Å². The van der Waals surface area contributed by atoms with Crippen molar-refractivity contribution in [2.45, 2.75) is 24.3 Å². The zero-order valence-corrected chi connectivity index (χ0v) is 10.6. The van der Waals surface area contributed by atoms with Crippen molar-refractivity contribution in [1.29, 1.82) is 0 Å². The van der Waals surface area contributed by atoms with Gasteiger partial charge in [0.1, 0.15) is 6.04 Å². The van der Waals surface area contributed by atoms with E-state index in [0.29, 0.717) is 6.42 Å². The van der Waals surface area contributed by atoms with E-state index in [9.17, 15) is 9.59 Å². The lowest BCUT2D eigenvalue weighted by Crippen LogP contribution is -2.41. The molecule has 0 aliphatic rings. The maximum absolute atomic E-state index is 11.0. The molecule has 0 radical (unpaired) electrons. The van der Waals surface area contributed by atoms with Crippen LogP contribution in [0, 0.1) is 0 Å². The van der Waals surface area contributed by atoms with Crippen LogP contribution in [0.5, 0.6) is 0 Å². The fourth-order valence-electron chi connectivity index (χ4n) is 1.48. The van der Waals surface area contributed by atoms with Crippen molar-refractivity contribution in [3.05, 3.63) is 29.8 Å². The minimum atomic E-state index is -1.02. The molecule has 0 aliphatic carbocycles. The molecule has 1 unspecified atom stereocenters. The predicted octanol–water partition coefficient (Wildman–Crippen LogP) is 1.54. The van der Waals surface area contributed by atoms with Crippen LogP contribution in [0.4, 0.5) is 0 Å². The van der Waals surface area contributed by atoms with Crippen molar-refractivity contribution in [2.24, 2.45) is 0 Å². The fourth-order valence-corrected chi connectivity index (χ4v) is 1.96. The first-order valence-corrected chi connectivity index (χ1v) is 6.38. The third-order valence-corrected chi connectivity index (χ3v) is 2.97. The summed E-state index contributed by atoms with van der Waals surface area (Å²) < 4.78 is 0. The summed E-state index contributed by atoms with van der Waals surface area (Å²) in [5.74, 6) is -1.35. The van der Waals surface area contributed by atoms with Crippen molar-refractivity contribution in [2.75, 3.05) is 6.26 Å². The molecule has 1 amide bonds. The number of carbonyl (C=O) groups is 2. The second kappa shape index (κ2) is 6.30. The second-order valence-corrected chi connectivity index (χ2v) is 4.53. The number of hydrogen-bond donors (Lipinski definition) is 2. The zero-order chi connectivity index (χ0) is 12.8. The molecule has 1 aromatic rings. The lowest BCUT2D eigenvalue weighted by molar-refractivity contribution is -0.141. The van der Waals surface area contributed by atoms with Gasteiger partial charge in [-0.2, -0.15) is 0 Å². The minimum absolute atomic E-state index is 0.295. The molecule has 92 valence electrons. The zero-order valence-electron chi connectivity index (χ0n) is 9.77. The summed E-state index contributed by atoms with van der Waals surface area (Å²) in [6.45, 7) is 1.31. The monoisotopic (exact) mass is 253 g/mol. The van der Waals surface area contributed by atoms with Crippen LogP contribution in [-0.2, 0) is 16.0 Å². The molecular formula is C12H15NO3S. The van der Waals surface area contributed by atoms with Gasteiger partial charge in [0, 0.05) is 18.2 Å². The molecule has 0 spiro atoms. The lowest BCUT2D eigenvalue weighted by Gasteiger charge is -2.13. The number of carboxylic acids is 1. The lowest BCUT2D eigenvalue weighted by atomic mass is 10.1. The summed E-state index contributed by atoms with van der Waals surface area (Å²) in [5.41, 5.74) is 0.901. The first kappa shape index (κ1) is 13.6. The van der Waals surface area contributed by atoms with Crippen LogP contribution in [0.1, 0.15) is 12.5 Å². The van der Waals surface area contributed by atoms with E-state index in [0.717, 1.165) is 10.5 Å². The average molecular weight is 253 g/mol. The van der Waals surface area contributed by atoms with Crippen LogP contribution in [0.25, 0.3) is 0 Å². The van der Waals surface area contributed by atoms with Gasteiger partial charge < -0.3 is 10.4 Å². The Morgan fingerprint density at radius 1 is 1.47 bits per heavy atom. The quantitative estimate of drug-likeness (QED) is 0.781. The second-order valence-electron chi connectivity index (χ2n) is 3.65. The van der Waals surface area contributed by atoms with Crippen molar-refractivity contribution in [3.63, 3.8) is 0 Å². The molecule has 0 bridgehead atoms. The number of amides is 1. The Bertz CT molecular complexity index is 420. The Balaban J connectivity index is 2.78.